The number of hydrogen-bond donors (Lipinski definition) is 1. The Bertz CT molecular complexity index is 744. The second-order valence-corrected chi connectivity index (χ2v) is 5.34. The van der Waals surface area contributed by atoms with Crippen LogP contribution in [-0.2, 0) is 14.3 Å². The third-order valence-electron chi connectivity index (χ3n) is 2.88. The summed E-state index contributed by atoms with van der Waals surface area (Å²) in [5.74, 6) is -1.94. The van der Waals surface area contributed by atoms with Crippen molar-refractivity contribution < 1.29 is 29.2 Å². The van der Waals surface area contributed by atoms with Crippen LogP contribution in [0.25, 0.3) is 6.08 Å². The Labute approximate surface area is 133 Å². The molecule has 0 unspecified atom stereocenters. The molecule has 23 heavy (non-hydrogen) atoms. The predicted octanol–water partition coefficient (Wildman–Crippen LogP) is 1.51. The van der Waals surface area contributed by atoms with Crippen LogP contribution in [0.5, 0.6) is 5.75 Å². The lowest BCUT2D eigenvalue weighted by atomic mass is 10.1. The van der Waals surface area contributed by atoms with Gasteiger partial charge in [0, 0.05) is 6.07 Å². The van der Waals surface area contributed by atoms with Crippen LogP contribution in [0, 0.1) is 10.1 Å². The molecule has 1 fully saturated rings. The van der Waals surface area contributed by atoms with Crippen LogP contribution in [0.3, 0.4) is 0 Å². The zero-order valence-electron chi connectivity index (χ0n) is 11.7. The van der Waals surface area contributed by atoms with E-state index in [0.29, 0.717) is 11.8 Å². The molecule has 0 spiro atoms. The molecular weight excluding hydrogens is 328 g/mol. The van der Waals surface area contributed by atoms with Crippen LogP contribution >= 0.6 is 11.8 Å². The first-order valence-corrected chi connectivity index (χ1v) is 6.94. The van der Waals surface area contributed by atoms with Gasteiger partial charge in [-0.05, 0) is 29.5 Å². The molecule has 0 saturated carbocycles. The number of nitro benzene ring substituents is 1. The van der Waals surface area contributed by atoms with Crippen molar-refractivity contribution in [3.05, 3.63) is 38.8 Å². The lowest BCUT2D eigenvalue weighted by Crippen LogP contribution is -2.34. The summed E-state index contributed by atoms with van der Waals surface area (Å²) in [5, 5.41) is 19.5. The number of aromatic hydroxyl groups is 1. The summed E-state index contributed by atoms with van der Waals surface area (Å²) in [5.41, 5.74) is -0.259. The number of hydrogen-bond acceptors (Lipinski definition) is 8. The standard InChI is InChI=1S/C13H10N2O7S/c1-22-11(17)6-14-12(18)10(23-13(14)19)5-7-2-3-9(16)8(4-7)15(20)21/h2-5,16H,6H2,1H3. The van der Waals surface area contributed by atoms with Crippen molar-refractivity contribution in [2.24, 2.45) is 0 Å². The number of phenolic OH excluding ortho intramolecular Hbond substituents is 1. The Morgan fingerprint density at radius 2 is 2.17 bits per heavy atom. The van der Waals surface area contributed by atoms with Crippen molar-refractivity contribution >= 4 is 40.6 Å². The molecule has 9 nitrogen and oxygen atoms in total. The average Bonchev–Trinajstić information content (AvgIpc) is 2.76. The van der Waals surface area contributed by atoms with Gasteiger partial charge in [0.05, 0.1) is 16.9 Å². The van der Waals surface area contributed by atoms with E-state index in [1.54, 1.807) is 0 Å². The first-order chi connectivity index (χ1) is 10.8. The Hall–Kier alpha value is -2.88. The van der Waals surface area contributed by atoms with E-state index in [0.717, 1.165) is 24.1 Å². The first-order valence-electron chi connectivity index (χ1n) is 6.13. The number of benzene rings is 1. The number of carbonyl (C=O) groups excluding carboxylic acids is 3. The second-order valence-electron chi connectivity index (χ2n) is 4.35. The fourth-order valence-corrected chi connectivity index (χ4v) is 2.60. The highest BCUT2D eigenvalue weighted by Gasteiger charge is 2.36. The number of nitro groups is 1. The van der Waals surface area contributed by atoms with Gasteiger partial charge < -0.3 is 9.84 Å². The molecule has 10 heteroatoms. The smallest absolute Gasteiger partial charge is 0.325 e. The number of nitrogens with zero attached hydrogens (tertiary/aromatic N) is 2. The minimum Gasteiger partial charge on any atom is -0.502 e. The molecule has 0 aromatic heterocycles. The van der Waals surface area contributed by atoms with E-state index in [1.165, 1.54) is 12.1 Å². The maximum Gasteiger partial charge on any atom is 0.325 e. The van der Waals surface area contributed by atoms with Crippen LogP contribution in [0.1, 0.15) is 5.56 Å². The Morgan fingerprint density at radius 3 is 2.78 bits per heavy atom. The van der Waals surface area contributed by atoms with Gasteiger partial charge >= 0.3 is 11.7 Å². The van der Waals surface area contributed by atoms with Gasteiger partial charge in [0.15, 0.2) is 5.75 Å². The van der Waals surface area contributed by atoms with Crippen LogP contribution < -0.4 is 0 Å². The summed E-state index contributed by atoms with van der Waals surface area (Å²) in [4.78, 5) is 45.7. The Kier molecular flexibility index (Phi) is 4.65. The molecule has 1 heterocycles. The second kappa shape index (κ2) is 6.48. The van der Waals surface area contributed by atoms with Crippen molar-refractivity contribution in [2.75, 3.05) is 13.7 Å². The van der Waals surface area contributed by atoms with Crippen LogP contribution in [0.15, 0.2) is 23.1 Å². The molecule has 0 aliphatic carbocycles. The monoisotopic (exact) mass is 338 g/mol. The molecule has 1 saturated heterocycles. The maximum atomic E-state index is 12.1. The molecule has 1 aliphatic rings. The van der Waals surface area contributed by atoms with Crippen molar-refractivity contribution in [1.82, 2.24) is 4.90 Å². The van der Waals surface area contributed by atoms with Gasteiger partial charge in [-0.3, -0.25) is 29.4 Å². The Balaban J connectivity index is 2.29. The van der Waals surface area contributed by atoms with Crippen molar-refractivity contribution in [3.63, 3.8) is 0 Å². The number of carbonyl (C=O) groups is 3. The number of phenols is 1. The molecule has 2 rings (SSSR count). The van der Waals surface area contributed by atoms with E-state index < -0.39 is 40.0 Å². The van der Waals surface area contributed by atoms with E-state index in [1.807, 2.05) is 0 Å². The van der Waals surface area contributed by atoms with Crippen LogP contribution in [-0.4, -0.2) is 45.7 Å². The molecule has 120 valence electrons. The van der Waals surface area contributed by atoms with Gasteiger partial charge in [0.25, 0.3) is 11.1 Å². The summed E-state index contributed by atoms with van der Waals surface area (Å²) in [6.07, 6.45) is 1.27. The fourth-order valence-electron chi connectivity index (χ4n) is 1.76. The number of amides is 2. The molecule has 2 amide bonds. The largest absolute Gasteiger partial charge is 0.502 e. The van der Waals surface area contributed by atoms with Gasteiger partial charge in [-0.1, -0.05) is 6.07 Å². The molecule has 0 radical (unpaired) electrons. The van der Waals surface area contributed by atoms with E-state index in [-0.39, 0.29) is 10.5 Å². The van der Waals surface area contributed by atoms with Crippen LogP contribution in [0.2, 0.25) is 0 Å². The molecule has 0 atom stereocenters. The highest BCUT2D eigenvalue weighted by Crippen LogP contribution is 2.33. The quantitative estimate of drug-likeness (QED) is 0.379. The maximum absolute atomic E-state index is 12.1. The highest BCUT2D eigenvalue weighted by atomic mass is 32.2. The van der Waals surface area contributed by atoms with Crippen molar-refractivity contribution in [3.8, 4) is 5.75 Å². The minimum absolute atomic E-state index is 0.0129. The van der Waals surface area contributed by atoms with Crippen molar-refractivity contribution in [2.45, 2.75) is 0 Å². The van der Waals surface area contributed by atoms with Gasteiger partial charge in [0.1, 0.15) is 6.54 Å². The topological polar surface area (TPSA) is 127 Å². The van der Waals surface area contributed by atoms with E-state index in [9.17, 15) is 29.6 Å². The van der Waals surface area contributed by atoms with E-state index in [4.69, 9.17) is 0 Å². The molecular formula is C13H10N2O7S. The SMILES string of the molecule is COC(=O)CN1C(=O)SC(=Cc2ccc(O)c([N+](=O)[O-])c2)C1=O. The summed E-state index contributed by atoms with van der Waals surface area (Å²) < 4.78 is 4.40. The van der Waals surface area contributed by atoms with Crippen molar-refractivity contribution in [1.29, 1.82) is 0 Å². The van der Waals surface area contributed by atoms with Gasteiger partial charge in [-0.15, -0.1) is 0 Å². The minimum atomic E-state index is -0.768. The number of imide groups is 1. The average molecular weight is 338 g/mol. The summed E-state index contributed by atoms with van der Waals surface area (Å²) in [7, 11) is 1.13. The summed E-state index contributed by atoms with van der Waals surface area (Å²) >= 11 is 0.606. The van der Waals surface area contributed by atoms with Gasteiger partial charge in [0.2, 0.25) is 0 Å². The lowest BCUT2D eigenvalue weighted by molar-refractivity contribution is -0.385. The summed E-state index contributed by atoms with van der Waals surface area (Å²) in [6, 6.07) is 3.54. The zero-order valence-corrected chi connectivity index (χ0v) is 12.5. The molecule has 1 N–H and O–H groups in total. The van der Waals surface area contributed by atoms with Gasteiger partial charge in [-0.2, -0.15) is 0 Å². The Morgan fingerprint density at radius 1 is 1.48 bits per heavy atom. The highest BCUT2D eigenvalue weighted by molar-refractivity contribution is 8.18. The zero-order chi connectivity index (χ0) is 17.1. The molecule has 1 aromatic carbocycles. The number of thioether (sulfide) groups is 1. The number of methoxy groups -OCH3 is 1. The first kappa shape index (κ1) is 16.5. The van der Waals surface area contributed by atoms with Crippen LogP contribution in [0.4, 0.5) is 10.5 Å². The number of ether oxygens (including phenoxy) is 1. The predicted molar refractivity (Wildman–Crippen MR) is 79.5 cm³/mol. The third kappa shape index (κ3) is 3.48. The molecule has 1 aromatic rings. The molecule has 0 bridgehead atoms. The fraction of sp³-hybridized carbons (Fsp3) is 0.154. The van der Waals surface area contributed by atoms with E-state index >= 15 is 0 Å². The molecule has 1 aliphatic heterocycles. The lowest BCUT2D eigenvalue weighted by Gasteiger charge is -2.09. The van der Waals surface area contributed by atoms with E-state index in [2.05, 4.69) is 4.74 Å². The number of esters is 1. The summed E-state index contributed by atoms with van der Waals surface area (Å²) in [6.45, 7) is -0.506. The third-order valence-corrected chi connectivity index (χ3v) is 3.79. The van der Waals surface area contributed by atoms with Gasteiger partial charge in [-0.25, -0.2) is 0 Å². The number of rotatable bonds is 4. The normalized spacial score (nSPS) is 16.0.